The van der Waals surface area contributed by atoms with Crippen molar-refractivity contribution < 1.29 is 0 Å². The molecule has 0 aliphatic carbocycles. The molecule has 0 saturated heterocycles. The fraction of sp³-hybridized carbons (Fsp3) is 0.235. The zero-order valence-electron chi connectivity index (χ0n) is 12.5. The van der Waals surface area contributed by atoms with Crippen molar-refractivity contribution in [3.8, 4) is 0 Å². The first kappa shape index (κ1) is 15.9. The number of thiocarbonyl (C=S) groups is 1. The largest absolute Gasteiger partial charge is 0.389 e. The molecule has 0 heterocycles. The molecule has 2 aromatic rings. The van der Waals surface area contributed by atoms with E-state index in [1.165, 1.54) is 11.1 Å². The van der Waals surface area contributed by atoms with Gasteiger partial charge in [0.15, 0.2) is 0 Å². The molecule has 2 rings (SSSR count). The van der Waals surface area contributed by atoms with Gasteiger partial charge in [-0.1, -0.05) is 48.1 Å². The average molecular weight is 316 g/mol. The molecule has 0 amide bonds. The molecule has 1 atom stereocenters. The minimum atomic E-state index is 0.191. The predicted molar refractivity (Wildman–Crippen MR) is 97.3 cm³/mol. The van der Waals surface area contributed by atoms with Crippen LogP contribution < -0.4 is 11.1 Å². The Morgan fingerprint density at radius 2 is 1.86 bits per heavy atom. The maximum atomic E-state index is 5.90. The second-order valence-corrected chi connectivity index (χ2v) is 6.31. The topological polar surface area (TPSA) is 38.0 Å². The number of nitrogens with two attached hydrogens (primary N) is 1. The van der Waals surface area contributed by atoms with Crippen molar-refractivity contribution in [2.75, 3.05) is 11.6 Å². The van der Waals surface area contributed by atoms with Crippen LogP contribution in [0.5, 0.6) is 0 Å². The molecule has 0 fully saturated rings. The Labute approximate surface area is 136 Å². The number of hydrogen-bond donors (Lipinski definition) is 2. The summed E-state index contributed by atoms with van der Waals surface area (Å²) in [6.45, 7) is 4.23. The van der Waals surface area contributed by atoms with Gasteiger partial charge in [0.2, 0.25) is 0 Å². The first-order valence-electron chi connectivity index (χ1n) is 6.83. The molecule has 2 nitrogen and oxygen atoms in total. The van der Waals surface area contributed by atoms with Gasteiger partial charge in [0, 0.05) is 22.2 Å². The van der Waals surface area contributed by atoms with Gasteiger partial charge in [0.05, 0.1) is 0 Å². The lowest BCUT2D eigenvalue weighted by atomic mass is 10.1. The third kappa shape index (κ3) is 3.77. The van der Waals surface area contributed by atoms with Crippen molar-refractivity contribution in [1.82, 2.24) is 0 Å². The Morgan fingerprint density at radius 1 is 1.19 bits per heavy atom. The summed E-state index contributed by atoms with van der Waals surface area (Å²) in [4.78, 5) is 1.53. The lowest BCUT2D eigenvalue weighted by Gasteiger charge is -2.20. The second kappa shape index (κ2) is 6.96. The Morgan fingerprint density at radius 3 is 2.43 bits per heavy atom. The number of aryl methyl sites for hydroxylation is 1. The van der Waals surface area contributed by atoms with E-state index in [9.17, 15) is 0 Å². The van der Waals surface area contributed by atoms with Crippen LogP contribution in [0.1, 0.15) is 29.7 Å². The first-order chi connectivity index (χ1) is 10.0. The molecule has 4 heteroatoms. The maximum Gasteiger partial charge on any atom is 0.107 e. The van der Waals surface area contributed by atoms with E-state index >= 15 is 0 Å². The van der Waals surface area contributed by atoms with E-state index in [0.717, 1.165) is 16.1 Å². The highest BCUT2D eigenvalue weighted by atomic mass is 32.2. The Hall–Kier alpha value is -1.52. The van der Waals surface area contributed by atoms with Crippen LogP contribution >= 0.6 is 24.0 Å². The summed E-state index contributed by atoms with van der Waals surface area (Å²) in [6.07, 6.45) is 2.03. The van der Waals surface area contributed by atoms with Gasteiger partial charge in [0.25, 0.3) is 0 Å². The van der Waals surface area contributed by atoms with Crippen LogP contribution in [0.3, 0.4) is 0 Å². The van der Waals surface area contributed by atoms with Crippen molar-refractivity contribution in [3.63, 3.8) is 0 Å². The summed E-state index contributed by atoms with van der Waals surface area (Å²) in [7, 11) is 0. The number of hydrogen-bond acceptors (Lipinski definition) is 3. The maximum absolute atomic E-state index is 5.90. The molecule has 3 N–H and O–H groups in total. The number of anilines is 1. The van der Waals surface area contributed by atoms with Crippen LogP contribution in [0.2, 0.25) is 0 Å². The quantitative estimate of drug-likeness (QED) is 0.628. The summed E-state index contributed by atoms with van der Waals surface area (Å²) in [5.74, 6) is 0. The molecular weight excluding hydrogens is 296 g/mol. The molecular formula is C17H20N2S2. The Bertz CT molecular complexity index is 636. The molecule has 110 valence electrons. The van der Waals surface area contributed by atoms with Crippen LogP contribution in [0.15, 0.2) is 47.4 Å². The van der Waals surface area contributed by atoms with Gasteiger partial charge in [-0.15, -0.1) is 11.8 Å². The SMILES string of the molecule is CSc1cccc(NC(C)c2ccc(C)cc2)c1C(N)=S. The van der Waals surface area contributed by atoms with Crippen molar-refractivity contribution in [2.24, 2.45) is 5.73 Å². The van der Waals surface area contributed by atoms with Gasteiger partial charge in [-0.3, -0.25) is 0 Å². The third-order valence-electron chi connectivity index (χ3n) is 3.44. The van der Waals surface area contributed by atoms with E-state index in [-0.39, 0.29) is 6.04 Å². The molecule has 0 saturated carbocycles. The Balaban J connectivity index is 2.30. The van der Waals surface area contributed by atoms with Crippen molar-refractivity contribution >= 4 is 34.7 Å². The van der Waals surface area contributed by atoms with Gasteiger partial charge < -0.3 is 11.1 Å². The molecule has 21 heavy (non-hydrogen) atoms. The normalized spacial score (nSPS) is 12.0. The molecule has 0 aromatic heterocycles. The second-order valence-electron chi connectivity index (χ2n) is 5.02. The summed E-state index contributed by atoms with van der Waals surface area (Å²) in [6, 6.07) is 14.8. The molecule has 0 aliphatic rings. The minimum absolute atomic E-state index is 0.191. The van der Waals surface area contributed by atoms with Crippen LogP contribution in [0.4, 0.5) is 5.69 Å². The van der Waals surface area contributed by atoms with E-state index in [1.807, 2.05) is 24.5 Å². The van der Waals surface area contributed by atoms with Crippen molar-refractivity contribution in [3.05, 3.63) is 59.2 Å². The van der Waals surface area contributed by atoms with Gasteiger partial charge >= 0.3 is 0 Å². The fourth-order valence-electron chi connectivity index (χ4n) is 2.25. The lowest BCUT2D eigenvalue weighted by molar-refractivity contribution is 0.882. The molecule has 1 unspecified atom stereocenters. The summed E-state index contributed by atoms with van der Waals surface area (Å²) >= 11 is 6.87. The number of benzene rings is 2. The Kier molecular flexibility index (Phi) is 5.26. The monoisotopic (exact) mass is 316 g/mol. The minimum Gasteiger partial charge on any atom is -0.389 e. The highest BCUT2D eigenvalue weighted by Gasteiger charge is 2.13. The standard InChI is InChI=1S/C17H20N2S2/c1-11-7-9-13(10-8-11)12(2)19-14-5-4-6-15(21-3)16(14)17(18)20/h4-10,12,19H,1-3H3,(H2,18,20). The van der Waals surface area contributed by atoms with Crippen molar-refractivity contribution in [2.45, 2.75) is 24.8 Å². The third-order valence-corrected chi connectivity index (χ3v) is 4.43. The van der Waals surface area contributed by atoms with Crippen LogP contribution in [-0.2, 0) is 0 Å². The molecule has 0 bridgehead atoms. The van der Waals surface area contributed by atoms with Crippen LogP contribution in [-0.4, -0.2) is 11.2 Å². The van der Waals surface area contributed by atoms with Crippen LogP contribution in [0, 0.1) is 6.92 Å². The molecule has 2 aromatic carbocycles. The van der Waals surface area contributed by atoms with E-state index in [1.54, 1.807) is 11.8 Å². The van der Waals surface area contributed by atoms with Gasteiger partial charge in [-0.25, -0.2) is 0 Å². The summed E-state index contributed by atoms with van der Waals surface area (Å²) in [5.41, 5.74) is 10.3. The van der Waals surface area contributed by atoms with E-state index in [4.69, 9.17) is 18.0 Å². The van der Waals surface area contributed by atoms with Gasteiger partial charge in [0.1, 0.15) is 4.99 Å². The number of rotatable bonds is 5. The average Bonchev–Trinajstić information content (AvgIpc) is 2.47. The van der Waals surface area contributed by atoms with Gasteiger partial charge in [-0.05, 0) is 37.8 Å². The van der Waals surface area contributed by atoms with Crippen LogP contribution in [0.25, 0.3) is 0 Å². The zero-order chi connectivity index (χ0) is 15.4. The van der Waals surface area contributed by atoms with E-state index in [2.05, 4.69) is 43.4 Å². The van der Waals surface area contributed by atoms with E-state index < -0.39 is 0 Å². The van der Waals surface area contributed by atoms with Gasteiger partial charge in [-0.2, -0.15) is 0 Å². The number of nitrogens with one attached hydrogen (secondary N) is 1. The lowest BCUT2D eigenvalue weighted by Crippen LogP contribution is -2.16. The van der Waals surface area contributed by atoms with Crippen molar-refractivity contribution in [1.29, 1.82) is 0 Å². The predicted octanol–water partition coefficient (Wildman–Crippen LogP) is 4.52. The molecule has 0 aliphatic heterocycles. The first-order valence-corrected chi connectivity index (χ1v) is 8.46. The highest BCUT2D eigenvalue weighted by molar-refractivity contribution is 7.98. The number of thioether (sulfide) groups is 1. The highest BCUT2D eigenvalue weighted by Crippen LogP contribution is 2.29. The van der Waals surface area contributed by atoms with E-state index in [0.29, 0.717) is 4.99 Å². The fourth-order valence-corrected chi connectivity index (χ4v) is 3.17. The summed E-state index contributed by atoms with van der Waals surface area (Å²) < 4.78 is 0. The molecule has 0 spiro atoms. The smallest absolute Gasteiger partial charge is 0.107 e. The molecule has 0 radical (unpaired) electrons. The zero-order valence-corrected chi connectivity index (χ0v) is 14.1. The summed E-state index contributed by atoms with van der Waals surface area (Å²) in [5, 5.41) is 3.52.